The monoisotopic (exact) mass is 421 g/mol. The Hall–Kier alpha value is -0.850. The Balaban J connectivity index is 0.00000156. The molecule has 1 fully saturated rings. The van der Waals surface area contributed by atoms with Crippen LogP contribution in [0, 0.1) is 5.41 Å². The second-order valence-electron chi connectivity index (χ2n) is 6.29. The van der Waals surface area contributed by atoms with Crippen molar-refractivity contribution in [3.8, 4) is 10.6 Å². The number of piperidine rings is 1. The van der Waals surface area contributed by atoms with E-state index in [0.717, 1.165) is 36.5 Å². The average molecular weight is 423 g/mol. The van der Waals surface area contributed by atoms with Crippen molar-refractivity contribution in [2.24, 2.45) is 5.41 Å². The minimum Gasteiger partial charge on any atom is -0.350 e. The van der Waals surface area contributed by atoms with Crippen LogP contribution >= 0.6 is 47.8 Å². The molecule has 1 aromatic carbocycles. The Kier molecular flexibility index (Phi) is 8.64. The number of thiazole rings is 1. The summed E-state index contributed by atoms with van der Waals surface area (Å²) in [6.45, 7) is 4.95. The first-order chi connectivity index (χ1) is 11.1. The maximum absolute atomic E-state index is 12.3. The van der Waals surface area contributed by atoms with E-state index in [0.29, 0.717) is 17.3 Å². The topological polar surface area (TPSA) is 54.0 Å². The van der Waals surface area contributed by atoms with Gasteiger partial charge in [0.1, 0.15) is 10.7 Å². The van der Waals surface area contributed by atoms with Crippen molar-refractivity contribution in [2.75, 3.05) is 19.6 Å². The van der Waals surface area contributed by atoms with E-state index in [1.165, 1.54) is 11.3 Å². The van der Waals surface area contributed by atoms with E-state index in [1.54, 1.807) is 5.38 Å². The first-order valence-corrected chi connectivity index (χ1v) is 9.02. The van der Waals surface area contributed by atoms with Gasteiger partial charge in [-0.3, -0.25) is 4.79 Å². The quantitative estimate of drug-likeness (QED) is 0.766. The summed E-state index contributed by atoms with van der Waals surface area (Å²) in [6, 6.07) is 7.52. The molecule has 4 nitrogen and oxygen atoms in total. The molecular formula is C17H22Cl3N3OS. The molecule has 25 heavy (non-hydrogen) atoms. The largest absolute Gasteiger partial charge is 0.350 e. The predicted octanol–water partition coefficient (Wildman–Crippen LogP) is 4.43. The summed E-state index contributed by atoms with van der Waals surface area (Å²) in [7, 11) is 0. The van der Waals surface area contributed by atoms with Crippen LogP contribution in [-0.4, -0.2) is 30.5 Å². The summed E-state index contributed by atoms with van der Waals surface area (Å²) in [6.07, 6.45) is 2.16. The fraction of sp³-hybridized carbons (Fsp3) is 0.412. The van der Waals surface area contributed by atoms with E-state index in [2.05, 4.69) is 22.5 Å². The molecule has 0 bridgehead atoms. The van der Waals surface area contributed by atoms with E-state index in [1.807, 2.05) is 24.3 Å². The molecular weight excluding hydrogens is 401 g/mol. The molecule has 1 aromatic heterocycles. The first kappa shape index (κ1) is 22.2. The predicted molar refractivity (Wildman–Crippen MR) is 110 cm³/mol. The van der Waals surface area contributed by atoms with Gasteiger partial charge in [-0.25, -0.2) is 4.98 Å². The van der Waals surface area contributed by atoms with Gasteiger partial charge in [-0.05, 0) is 43.5 Å². The molecule has 0 saturated carbocycles. The molecule has 0 spiro atoms. The van der Waals surface area contributed by atoms with Crippen molar-refractivity contribution in [1.82, 2.24) is 15.6 Å². The number of carbonyl (C=O) groups is 1. The zero-order valence-corrected chi connectivity index (χ0v) is 17.1. The summed E-state index contributed by atoms with van der Waals surface area (Å²) in [5, 5.41) is 9.67. The zero-order valence-electron chi connectivity index (χ0n) is 13.9. The number of rotatable bonds is 4. The van der Waals surface area contributed by atoms with Crippen molar-refractivity contribution in [1.29, 1.82) is 0 Å². The fourth-order valence-electron chi connectivity index (χ4n) is 2.72. The lowest BCUT2D eigenvalue weighted by Gasteiger charge is -2.34. The van der Waals surface area contributed by atoms with Crippen LogP contribution in [0.5, 0.6) is 0 Å². The number of nitrogens with one attached hydrogen (secondary N) is 2. The summed E-state index contributed by atoms with van der Waals surface area (Å²) in [5.74, 6) is -0.103. The molecule has 1 aliphatic rings. The fourth-order valence-corrected chi connectivity index (χ4v) is 3.71. The summed E-state index contributed by atoms with van der Waals surface area (Å²) in [5.41, 5.74) is 1.58. The first-order valence-electron chi connectivity index (χ1n) is 7.76. The van der Waals surface area contributed by atoms with Crippen LogP contribution < -0.4 is 10.6 Å². The van der Waals surface area contributed by atoms with Crippen LogP contribution in [0.4, 0.5) is 0 Å². The Bertz CT molecular complexity index is 702. The summed E-state index contributed by atoms with van der Waals surface area (Å²) in [4.78, 5) is 16.8. The van der Waals surface area contributed by atoms with Gasteiger partial charge in [0.05, 0.1) is 0 Å². The molecule has 0 atom stereocenters. The smallest absolute Gasteiger partial charge is 0.270 e. The van der Waals surface area contributed by atoms with Crippen molar-refractivity contribution >= 4 is 53.7 Å². The van der Waals surface area contributed by atoms with Gasteiger partial charge in [0.15, 0.2) is 0 Å². The standard InChI is InChI=1S/C17H20ClN3OS.2ClH/c1-17(5-7-19-8-6-17)11-20-15(22)14-10-23-16(21-14)12-3-2-4-13(18)9-12;;/h2-4,9-10,19H,5-8,11H2,1H3,(H,20,22);2*1H. The molecule has 0 aliphatic carbocycles. The maximum atomic E-state index is 12.3. The van der Waals surface area contributed by atoms with Crippen LogP contribution in [0.25, 0.3) is 10.6 Å². The van der Waals surface area contributed by atoms with Crippen LogP contribution in [0.1, 0.15) is 30.3 Å². The number of hydrogen-bond donors (Lipinski definition) is 2. The SMILES string of the molecule is CC1(CNC(=O)c2csc(-c3cccc(Cl)c3)n2)CCNCC1.Cl.Cl. The number of hydrogen-bond acceptors (Lipinski definition) is 4. The molecule has 2 aromatic rings. The van der Waals surface area contributed by atoms with Gasteiger partial charge in [-0.15, -0.1) is 36.2 Å². The molecule has 3 rings (SSSR count). The lowest BCUT2D eigenvalue weighted by atomic mass is 9.81. The molecule has 0 radical (unpaired) electrons. The van der Waals surface area contributed by atoms with Gasteiger partial charge in [0.2, 0.25) is 0 Å². The van der Waals surface area contributed by atoms with Gasteiger partial charge < -0.3 is 10.6 Å². The number of halogens is 3. The second kappa shape index (κ2) is 9.74. The second-order valence-corrected chi connectivity index (χ2v) is 7.59. The summed E-state index contributed by atoms with van der Waals surface area (Å²) < 4.78 is 0. The third-order valence-electron chi connectivity index (χ3n) is 4.29. The highest BCUT2D eigenvalue weighted by molar-refractivity contribution is 7.13. The normalized spacial score (nSPS) is 15.6. The lowest BCUT2D eigenvalue weighted by molar-refractivity contribution is 0.0918. The molecule has 1 saturated heterocycles. The van der Waals surface area contributed by atoms with E-state index in [4.69, 9.17) is 11.6 Å². The highest BCUT2D eigenvalue weighted by atomic mass is 35.5. The van der Waals surface area contributed by atoms with Crippen LogP contribution in [-0.2, 0) is 0 Å². The number of carbonyl (C=O) groups excluding carboxylic acids is 1. The Morgan fingerprint density at radius 2 is 2.08 bits per heavy atom. The maximum Gasteiger partial charge on any atom is 0.270 e. The van der Waals surface area contributed by atoms with Gasteiger partial charge in [0, 0.05) is 22.5 Å². The van der Waals surface area contributed by atoms with E-state index in [9.17, 15) is 4.79 Å². The van der Waals surface area contributed by atoms with E-state index < -0.39 is 0 Å². The van der Waals surface area contributed by atoms with Gasteiger partial charge in [-0.2, -0.15) is 0 Å². The zero-order chi connectivity index (χ0) is 16.3. The van der Waals surface area contributed by atoms with E-state index in [-0.39, 0.29) is 36.1 Å². The minimum atomic E-state index is -0.103. The average Bonchev–Trinajstić information content (AvgIpc) is 3.03. The highest BCUT2D eigenvalue weighted by Crippen LogP contribution is 2.28. The number of aromatic nitrogens is 1. The molecule has 8 heteroatoms. The number of amides is 1. The van der Waals surface area contributed by atoms with Crippen molar-refractivity contribution in [3.05, 3.63) is 40.4 Å². The highest BCUT2D eigenvalue weighted by Gasteiger charge is 2.27. The van der Waals surface area contributed by atoms with Crippen molar-refractivity contribution in [2.45, 2.75) is 19.8 Å². The van der Waals surface area contributed by atoms with Crippen LogP contribution in [0.15, 0.2) is 29.6 Å². The van der Waals surface area contributed by atoms with E-state index >= 15 is 0 Å². The minimum absolute atomic E-state index is 0. The van der Waals surface area contributed by atoms with Gasteiger partial charge in [-0.1, -0.05) is 30.7 Å². The Labute approximate surface area is 169 Å². The number of nitrogens with zero attached hydrogens (tertiary/aromatic N) is 1. The molecule has 1 amide bonds. The Morgan fingerprint density at radius 3 is 2.76 bits per heavy atom. The number of benzene rings is 1. The lowest BCUT2D eigenvalue weighted by Crippen LogP contribution is -2.42. The third kappa shape index (κ3) is 5.83. The third-order valence-corrected chi connectivity index (χ3v) is 5.42. The Morgan fingerprint density at radius 1 is 1.36 bits per heavy atom. The molecule has 138 valence electrons. The van der Waals surface area contributed by atoms with Crippen LogP contribution in [0.2, 0.25) is 5.02 Å². The molecule has 1 aliphatic heterocycles. The van der Waals surface area contributed by atoms with Crippen molar-refractivity contribution in [3.63, 3.8) is 0 Å². The van der Waals surface area contributed by atoms with Gasteiger partial charge >= 0.3 is 0 Å². The van der Waals surface area contributed by atoms with Crippen molar-refractivity contribution < 1.29 is 4.79 Å². The molecule has 0 unspecified atom stereocenters. The van der Waals surface area contributed by atoms with Gasteiger partial charge in [0.25, 0.3) is 5.91 Å². The molecule has 2 heterocycles. The molecule has 2 N–H and O–H groups in total. The van der Waals surface area contributed by atoms with Crippen LogP contribution in [0.3, 0.4) is 0 Å². The summed E-state index contributed by atoms with van der Waals surface area (Å²) >= 11 is 7.47.